The molecule has 3 aromatic heterocycles. The van der Waals surface area contributed by atoms with Gasteiger partial charge in [-0.15, -0.1) is 13.2 Å². The summed E-state index contributed by atoms with van der Waals surface area (Å²) in [7, 11) is 0. The maximum Gasteiger partial charge on any atom is 0.522 e. The van der Waals surface area contributed by atoms with Gasteiger partial charge in [-0.3, -0.25) is 9.84 Å². The number of amides is 1. The maximum atomic E-state index is 15.1. The van der Waals surface area contributed by atoms with Crippen LogP contribution < -0.4 is 10.6 Å². The summed E-state index contributed by atoms with van der Waals surface area (Å²) in [5, 5.41) is 25.6. The lowest BCUT2D eigenvalue weighted by Gasteiger charge is -2.61. The number of halogens is 4. The van der Waals surface area contributed by atoms with Crippen LogP contribution in [-0.2, 0) is 20.8 Å². The van der Waals surface area contributed by atoms with E-state index < -0.39 is 37.4 Å². The molecule has 1 saturated heterocycles. The van der Waals surface area contributed by atoms with Crippen LogP contribution in [0.15, 0.2) is 18.3 Å². The summed E-state index contributed by atoms with van der Waals surface area (Å²) in [5.41, 5.74) is 0.195. The van der Waals surface area contributed by atoms with Crippen LogP contribution in [0.1, 0.15) is 42.4 Å². The van der Waals surface area contributed by atoms with E-state index in [9.17, 15) is 23.2 Å². The van der Waals surface area contributed by atoms with Crippen molar-refractivity contribution in [3.63, 3.8) is 0 Å². The zero-order valence-electron chi connectivity index (χ0n) is 19.5. The minimum Gasteiger partial charge on any atom is -0.441 e. The van der Waals surface area contributed by atoms with Gasteiger partial charge in [-0.05, 0) is 31.2 Å². The molecular formula is C22H20F4N8O4. The summed E-state index contributed by atoms with van der Waals surface area (Å²) in [4.78, 5) is 16.3. The molecule has 38 heavy (non-hydrogen) atoms. The molecule has 1 amide bonds. The van der Waals surface area contributed by atoms with E-state index in [0.29, 0.717) is 5.92 Å². The van der Waals surface area contributed by atoms with Gasteiger partial charge in [0, 0.05) is 11.6 Å². The van der Waals surface area contributed by atoms with Crippen molar-refractivity contribution in [2.75, 3.05) is 11.9 Å². The number of alkyl halides is 4. The number of anilines is 2. The van der Waals surface area contributed by atoms with Gasteiger partial charge < -0.3 is 20.1 Å². The number of hydrogen-bond donors (Lipinski definition) is 3. The summed E-state index contributed by atoms with van der Waals surface area (Å²) in [6.45, 7) is -0.972. The van der Waals surface area contributed by atoms with Gasteiger partial charge in [-0.2, -0.15) is 15.5 Å². The smallest absolute Gasteiger partial charge is 0.441 e. The Bertz CT molecular complexity index is 1420. The Morgan fingerprint density at radius 1 is 1.34 bits per heavy atom. The van der Waals surface area contributed by atoms with Gasteiger partial charge in [0.15, 0.2) is 29.6 Å². The Morgan fingerprint density at radius 3 is 2.82 bits per heavy atom. The zero-order chi connectivity index (χ0) is 26.7. The SMILES string of the molecule is N#Cc1cn2nc(COC(F)(F)F)cc2c(Nc2cc([C@@H]3OC[C@H](OC(=O)NC45CC(C4)C5)[C@@H]3F)[nH]n2)n1. The molecular weight excluding hydrogens is 516 g/mol. The summed E-state index contributed by atoms with van der Waals surface area (Å²) in [5.74, 6) is 0.906. The van der Waals surface area contributed by atoms with Gasteiger partial charge in [0.25, 0.3) is 0 Å². The normalized spacial score (nSPS) is 27.9. The molecule has 0 unspecified atom stereocenters. The summed E-state index contributed by atoms with van der Waals surface area (Å²) < 4.78 is 68.1. The number of carbonyl (C=O) groups is 1. The van der Waals surface area contributed by atoms with Crippen LogP contribution in [0.5, 0.6) is 0 Å². The number of ether oxygens (including phenoxy) is 3. The molecule has 3 saturated carbocycles. The fourth-order valence-electron chi connectivity index (χ4n) is 5.04. The van der Waals surface area contributed by atoms with E-state index in [1.807, 2.05) is 6.07 Å². The summed E-state index contributed by atoms with van der Waals surface area (Å²) in [6.07, 6.45) is -5.30. The van der Waals surface area contributed by atoms with E-state index in [2.05, 4.69) is 35.7 Å². The highest BCUT2D eigenvalue weighted by Crippen LogP contribution is 2.57. The molecule has 3 N–H and O–H groups in total. The number of aromatic nitrogens is 5. The van der Waals surface area contributed by atoms with Crippen molar-refractivity contribution in [3.8, 4) is 6.07 Å². The Balaban J connectivity index is 1.13. The summed E-state index contributed by atoms with van der Waals surface area (Å²) >= 11 is 0. The Morgan fingerprint density at radius 2 is 2.13 bits per heavy atom. The lowest BCUT2D eigenvalue weighted by molar-refractivity contribution is -0.330. The molecule has 0 aromatic carbocycles. The van der Waals surface area contributed by atoms with Gasteiger partial charge in [-0.1, -0.05) is 0 Å². The largest absolute Gasteiger partial charge is 0.522 e. The number of alkyl carbamates (subject to hydrolysis) is 1. The van der Waals surface area contributed by atoms with Crippen LogP contribution in [0.3, 0.4) is 0 Å². The first kappa shape index (κ1) is 24.4. The van der Waals surface area contributed by atoms with E-state index >= 15 is 4.39 Å². The lowest BCUT2D eigenvalue weighted by atomic mass is 9.50. The molecule has 16 heteroatoms. The maximum absolute atomic E-state index is 15.1. The van der Waals surface area contributed by atoms with E-state index in [1.54, 1.807) is 0 Å². The highest BCUT2D eigenvalue weighted by molar-refractivity contribution is 5.73. The predicted octanol–water partition coefficient (Wildman–Crippen LogP) is 3.16. The molecule has 200 valence electrons. The molecule has 3 aliphatic carbocycles. The molecule has 3 aromatic rings. The third-order valence-corrected chi connectivity index (χ3v) is 6.90. The molecule has 0 radical (unpaired) electrons. The van der Waals surface area contributed by atoms with Crippen LogP contribution in [0.4, 0.5) is 34.0 Å². The van der Waals surface area contributed by atoms with Gasteiger partial charge >= 0.3 is 12.5 Å². The third kappa shape index (κ3) is 4.58. The predicted molar refractivity (Wildman–Crippen MR) is 117 cm³/mol. The standard InChI is InChI=1S/C22H20F4N8O4/c23-17-15(38-20(35)30-21-3-10(4-21)5-21)9-36-18(17)13-2-16(32-31-13)29-19-14-1-11(8-37-22(24,25)26)33-34(14)7-12(6-27)28-19/h1-2,7,10,15,17-18H,3-5,8-9H2,(H,30,35)(H2,28,29,31,32)/t10?,15-,17-,18-,21?/m0/s1. The molecule has 2 bridgehead atoms. The zero-order valence-corrected chi connectivity index (χ0v) is 19.5. The monoisotopic (exact) mass is 536 g/mol. The first-order valence-electron chi connectivity index (χ1n) is 11.7. The van der Waals surface area contributed by atoms with E-state index in [1.165, 1.54) is 22.8 Å². The van der Waals surface area contributed by atoms with Crippen molar-refractivity contribution >= 4 is 23.2 Å². The van der Waals surface area contributed by atoms with Crippen LogP contribution in [0.2, 0.25) is 0 Å². The number of H-pyrrole nitrogens is 1. The van der Waals surface area contributed by atoms with Crippen LogP contribution in [0, 0.1) is 17.2 Å². The molecule has 3 atom stereocenters. The first-order chi connectivity index (χ1) is 18.1. The average Bonchev–Trinajstić information content (AvgIpc) is 3.53. The van der Waals surface area contributed by atoms with Crippen molar-refractivity contribution in [1.82, 2.24) is 30.1 Å². The number of aromatic amines is 1. The number of nitrogens with one attached hydrogen (secondary N) is 3. The Labute approximate surface area is 211 Å². The van der Waals surface area contributed by atoms with Crippen molar-refractivity contribution in [1.29, 1.82) is 5.26 Å². The molecule has 4 heterocycles. The Hall–Kier alpha value is -3.97. The van der Waals surface area contributed by atoms with Gasteiger partial charge in [0.2, 0.25) is 0 Å². The molecule has 7 rings (SSSR count). The van der Waals surface area contributed by atoms with Gasteiger partial charge in [0.05, 0.1) is 24.2 Å². The second-order valence-electron chi connectivity index (χ2n) is 9.65. The van der Waals surface area contributed by atoms with Crippen molar-refractivity contribution < 1.29 is 36.6 Å². The number of fused-ring (bicyclic) bond motifs is 1. The quantitative estimate of drug-likeness (QED) is 0.387. The number of carbonyl (C=O) groups excluding carboxylic acids is 1. The molecule has 0 spiro atoms. The molecule has 1 aliphatic heterocycles. The van der Waals surface area contributed by atoms with Crippen molar-refractivity contribution in [3.05, 3.63) is 35.4 Å². The molecule has 4 fully saturated rings. The topological polar surface area (TPSA) is 151 Å². The lowest BCUT2D eigenvalue weighted by Crippen LogP contribution is -2.68. The number of nitrogens with zero attached hydrogens (tertiary/aromatic N) is 5. The molecule has 12 nitrogen and oxygen atoms in total. The first-order valence-corrected chi connectivity index (χ1v) is 11.7. The highest BCUT2D eigenvalue weighted by atomic mass is 19.4. The van der Waals surface area contributed by atoms with E-state index in [0.717, 1.165) is 19.3 Å². The van der Waals surface area contributed by atoms with Gasteiger partial charge in [-0.25, -0.2) is 18.7 Å². The number of rotatable bonds is 7. The van der Waals surface area contributed by atoms with Crippen LogP contribution in [-0.4, -0.2) is 61.7 Å². The van der Waals surface area contributed by atoms with Gasteiger partial charge in [0.1, 0.15) is 24.3 Å². The fraction of sp³-hybridized carbons (Fsp3) is 0.500. The number of hydrogen-bond acceptors (Lipinski definition) is 9. The second-order valence-corrected chi connectivity index (χ2v) is 9.65. The molecule has 4 aliphatic rings. The van der Waals surface area contributed by atoms with E-state index in [-0.39, 0.29) is 46.4 Å². The average molecular weight is 536 g/mol. The summed E-state index contributed by atoms with van der Waals surface area (Å²) in [6, 6.07) is 4.60. The van der Waals surface area contributed by atoms with Crippen molar-refractivity contribution in [2.24, 2.45) is 5.92 Å². The minimum atomic E-state index is -4.83. The minimum absolute atomic E-state index is 0.0475. The number of nitriles is 1. The fourth-order valence-corrected chi connectivity index (χ4v) is 5.04. The van der Waals surface area contributed by atoms with Crippen molar-refractivity contribution in [2.45, 2.75) is 56.2 Å². The van der Waals surface area contributed by atoms with E-state index in [4.69, 9.17) is 9.47 Å². The second kappa shape index (κ2) is 8.81. The Kier molecular flexibility index (Phi) is 5.65. The third-order valence-electron chi connectivity index (χ3n) is 6.90. The van der Waals surface area contributed by atoms with Crippen LogP contribution >= 0.6 is 0 Å². The van der Waals surface area contributed by atoms with Crippen LogP contribution in [0.25, 0.3) is 5.52 Å². The highest BCUT2D eigenvalue weighted by Gasteiger charge is 2.58.